The van der Waals surface area contributed by atoms with Gasteiger partial charge < -0.3 is 10.2 Å². The topological polar surface area (TPSA) is 40.5 Å². The van der Waals surface area contributed by atoms with Gasteiger partial charge >= 0.3 is 0 Å². The van der Waals surface area contributed by atoms with Crippen LogP contribution in [0.4, 0.5) is 0 Å². The Labute approximate surface area is 142 Å². The third-order valence-corrected chi connectivity index (χ3v) is 4.83. The van der Waals surface area contributed by atoms with Crippen molar-refractivity contribution in [3.63, 3.8) is 0 Å². The minimum Gasteiger partial charge on any atom is -0.504 e. The van der Waals surface area contributed by atoms with Crippen molar-refractivity contribution in [1.82, 2.24) is 0 Å². The monoisotopic (exact) mass is 364 g/mol. The van der Waals surface area contributed by atoms with Crippen LogP contribution in [0.15, 0.2) is 18.2 Å². The SMILES string of the molecule is CC(C)c1c(O)c(O)c(Cl)c(Cl)c1-c1cccc(Cl)c1Cl. The van der Waals surface area contributed by atoms with E-state index in [1.54, 1.807) is 18.2 Å². The highest BCUT2D eigenvalue weighted by atomic mass is 35.5. The van der Waals surface area contributed by atoms with Crippen molar-refractivity contribution in [2.45, 2.75) is 19.8 Å². The Hall–Kier alpha value is -0.800. The molecular formula is C15H12Cl4O2. The van der Waals surface area contributed by atoms with Crippen molar-refractivity contribution < 1.29 is 10.2 Å². The summed E-state index contributed by atoms with van der Waals surface area (Å²) in [6, 6.07) is 5.11. The number of aromatic hydroxyl groups is 2. The molecule has 0 aliphatic rings. The summed E-state index contributed by atoms with van der Waals surface area (Å²) in [7, 11) is 0. The molecule has 0 amide bonds. The van der Waals surface area contributed by atoms with Crippen LogP contribution in [-0.2, 0) is 0 Å². The molecule has 0 atom stereocenters. The first kappa shape index (κ1) is 16.6. The molecule has 2 rings (SSSR count). The second kappa shape index (κ2) is 6.13. The lowest BCUT2D eigenvalue weighted by molar-refractivity contribution is 0.398. The summed E-state index contributed by atoms with van der Waals surface area (Å²) in [5, 5.41) is 20.8. The van der Waals surface area contributed by atoms with Gasteiger partial charge in [-0.2, -0.15) is 0 Å². The van der Waals surface area contributed by atoms with Crippen LogP contribution in [0.5, 0.6) is 11.5 Å². The van der Waals surface area contributed by atoms with Crippen LogP contribution >= 0.6 is 46.4 Å². The summed E-state index contributed by atoms with van der Waals surface area (Å²) in [5.74, 6) is -0.853. The van der Waals surface area contributed by atoms with Crippen LogP contribution in [0.3, 0.4) is 0 Å². The second-order valence-electron chi connectivity index (χ2n) is 4.87. The van der Waals surface area contributed by atoms with Crippen LogP contribution in [0.1, 0.15) is 25.3 Å². The molecule has 0 saturated heterocycles. The van der Waals surface area contributed by atoms with Gasteiger partial charge in [-0.25, -0.2) is 0 Å². The molecule has 2 N–H and O–H groups in total. The number of hydrogen-bond donors (Lipinski definition) is 2. The zero-order valence-electron chi connectivity index (χ0n) is 11.2. The summed E-state index contributed by atoms with van der Waals surface area (Å²) in [6.07, 6.45) is 0. The number of phenols is 2. The number of hydrogen-bond acceptors (Lipinski definition) is 2. The molecule has 0 saturated carbocycles. The Morgan fingerprint density at radius 2 is 1.48 bits per heavy atom. The predicted octanol–water partition coefficient (Wildman–Crippen LogP) is 6.50. The lowest BCUT2D eigenvalue weighted by Gasteiger charge is -2.20. The molecule has 0 aromatic heterocycles. The summed E-state index contributed by atoms with van der Waals surface area (Å²) in [4.78, 5) is 0. The maximum atomic E-state index is 10.2. The standard InChI is InChI=1S/C15H12Cl4O2/c1-6(2)9-10(7-4-3-5-8(16)11(7)17)12(18)13(19)15(21)14(9)20/h3-6,20-21H,1-2H3. The van der Waals surface area contributed by atoms with Crippen molar-refractivity contribution in [3.05, 3.63) is 43.9 Å². The van der Waals surface area contributed by atoms with Crippen LogP contribution in [0, 0.1) is 0 Å². The fourth-order valence-corrected chi connectivity index (χ4v) is 3.08. The molecule has 6 heteroatoms. The molecule has 2 nitrogen and oxygen atoms in total. The first-order valence-corrected chi connectivity index (χ1v) is 7.65. The fraction of sp³-hybridized carbons (Fsp3) is 0.200. The van der Waals surface area contributed by atoms with E-state index in [1.807, 2.05) is 13.8 Å². The van der Waals surface area contributed by atoms with Gasteiger partial charge in [-0.3, -0.25) is 0 Å². The lowest BCUT2D eigenvalue weighted by atomic mass is 9.91. The van der Waals surface area contributed by atoms with E-state index in [0.717, 1.165) is 0 Å². The molecule has 112 valence electrons. The normalized spacial score (nSPS) is 11.2. The third-order valence-electron chi connectivity index (χ3n) is 3.17. The Morgan fingerprint density at radius 1 is 0.857 bits per heavy atom. The summed E-state index contributed by atoms with van der Waals surface area (Å²) < 4.78 is 0. The van der Waals surface area contributed by atoms with E-state index in [4.69, 9.17) is 46.4 Å². The highest BCUT2D eigenvalue weighted by Crippen LogP contribution is 2.52. The molecule has 0 aliphatic carbocycles. The van der Waals surface area contributed by atoms with Crippen molar-refractivity contribution in [2.24, 2.45) is 0 Å². The first-order valence-electron chi connectivity index (χ1n) is 6.14. The van der Waals surface area contributed by atoms with Crippen LogP contribution in [0.25, 0.3) is 11.1 Å². The van der Waals surface area contributed by atoms with Crippen LogP contribution < -0.4 is 0 Å². The van der Waals surface area contributed by atoms with Crippen molar-refractivity contribution >= 4 is 46.4 Å². The summed E-state index contributed by atoms with van der Waals surface area (Å²) in [5.41, 5.74) is 1.49. The Kier molecular flexibility index (Phi) is 4.84. The quantitative estimate of drug-likeness (QED) is 0.596. The Bertz CT molecular complexity index is 712. The van der Waals surface area contributed by atoms with Crippen molar-refractivity contribution in [2.75, 3.05) is 0 Å². The zero-order chi connectivity index (χ0) is 15.9. The minimum atomic E-state index is -0.438. The summed E-state index contributed by atoms with van der Waals surface area (Å²) >= 11 is 24.5. The predicted molar refractivity (Wildman–Crippen MR) is 89.3 cm³/mol. The van der Waals surface area contributed by atoms with E-state index in [-0.39, 0.29) is 21.7 Å². The van der Waals surface area contributed by atoms with E-state index < -0.39 is 5.75 Å². The first-order chi connectivity index (χ1) is 9.77. The Balaban J connectivity index is 2.94. The van der Waals surface area contributed by atoms with Crippen molar-refractivity contribution in [3.8, 4) is 22.6 Å². The molecule has 2 aromatic rings. The van der Waals surface area contributed by atoms with E-state index >= 15 is 0 Å². The highest BCUT2D eigenvalue weighted by Gasteiger charge is 2.26. The molecule has 0 aliphatic heterocycles. The number of rotatable bonds is 2. The number of benzene rings is 2. The zero-order valence-corrected chi connectivity index (χ0v) is 14.2. The van der Waals surface area contributed by atoms with E-state index in [1.165, 1.54) is 0 Å². The Morgan fingerprint density at radius 3 is 2.05 bits per heavy atom. The van der Waals surface area contributed by atoms with Gasteiger partial charge in [0.2, 0.25) is 0 Å². The molecular weight excluding hydrogens is 354 g/mol. The minimum absolute atomic E-state index is 0.115. The molecule has 0 radical (unpaired) electrons. The van der Waals surface area contributed by atoms with Gasteiger partial charge in [-0.15, -0.1) is 0 Å². The van der Waals surface area contributed by atoms with Crippen molar-refractivity contribution in [1.29, 1.82) is 0 Å². The van der Waals surface area contributed by atoms with Gasteiger partial charge in [0.1, 0.15) is 5.02 Å². The average Bonchev–Trinajstić information content (AvgIpc) is 2.43. The molecule has 0 spiro atoms. The van der Waals surface area contributed by atoms with Gasteiger partial charge in [0.05, 0.1) is 15.1 Å². The fourth-order valence-electron chi connectivity index (χ4n) is 2.20. The number of phenolic OH excluding ortho intramolecular Hbond substituents is 2. The van der Waals surface area contributed by atoms with Gasteiger partial charge in [0.25, 0.3) is 0 Å². The highest BCUT2D eigenvalue weighted by molar-refractivity contribution is 6.47. The summed E-state index contributed by atoms with van der Waals surface area (Å²) in [6.45, 7) is 3.72. The van der Waals surface area contributed by atoms with E-state index in [0.29, 0.717) is 26.7 Å². The second-order valence-corrected chi connectivity index (χ2v) is 6.41. The maximum absolute atomic E-state index is 10.2. The average molecular weight is 366 g/mol. The molecule has 0 bridgehead atoms. The molecule has 0 unspecified atom stereocenters. The van der Waals surface area contributed by atoms with E-state index in [2.05, 4.69) is 0 Å². The molecule has 0 fully saturated rings. The van der Waals surface area contributed by atoms with Gasteiger partial charge in [-0.1, -0.05) is 72.4 Å². The maximum Gasteiger partial charge on any atom is 0.178 e. The van der Waals surface area contributed by atoms with E-state index in [9.17, 15) is 10.2 Å². The van der Waals surface area contributed by atoms with Gasteiger partial charge in [0.15, 0.2) is 11.5 Å². The third kappa shape index (κ3) is 2.78. The molecule has 2 aromatic carbocycles. The smallest absolute Gasteiger partial charge is 0.178 e. The van der Waals surface area contributed by atoms with Crippen LogP contribution in [0.2, 0.25) is 20.1 Å². The lowest BCUT2D eigenvalue weighted by Crippen LogP contribution is -1.97. The number of halogens is 4. The van der Waals surface area contributed by atoms with Crippen LogP contribution in [-0.4, -0.2) is 10.2 Å². The molecule has 21 heavy (non-hydrogen) atoms. The van der Waals surface area contributed by atoms with Gasteiger partial charge in [0, 0.05) is 16.7 Å². The largest absolute Gasteiger partial charge is 0.504 e. The van der Waals surface area contributed by atoms with Gasteiger partial charge in [-0.05, 0) is 12.0 Å². The molecule has 0 heterocycles.